The molecule has 0 aromatic carbocycles. The number of unbranched alkanes of at least 4 members (excludes halogenated alkanes) is 1. The van der Waals surface area contributed by atoms with Gasteiger partial charge in [0, 0.05) is 0 Å². The average molecular weight is 256 g/mol. The first-order chi connectivity index (χ1) is 6.61. The van der Waals surface area contributed by atoms with E-state index in [2.05, 4.69) is 0 Å². The molecule has 0 unspecified atom stereocenters. The molecule has 0 amide bonds. The van der Waals surface area contributed by atoms with Gasteiger partial charge in [-0.05, 0) is 0 Å². The van der Waals surface area contributed by atoms with E-state index >= 15 is 0 Å². The van der Waals surface area contributed by atoms with E-state index < -0.39 is 31.6 Å². The summed E-state index contributed by atoms with van der Waals surface area (Å²) < 4.78 is 77.0. The van der Waals surface area contributed by atoms with E-state index in [4.69, 9.17) is 0 Å². The molecular weight excluding hydrogens is 241 g/mol. The number of hydrogen-bond acceptors (Lipinski definition) is 0. The van der Waals surface area contributed by atoms with Crippen molar-refractivity contribution in [1.29, 1.82) is 0 Å². The Balaban J connectivity index is 5.12. The molecule has 0 aromatic rings. The van der Waals surface area contributed by atoms with Gasteiger partial charge in [0.2, 0.25) is 0 Å². The van der Waals surface area contributed by atoms with Crippen molar-refractivity contribution in [1.82, 2.24) is 0 Å². The van der Waals surface area contributed by atoms with E-state index in [0.29, 0.717) is 0 Å². The van der Waals surface area contributed by atoms with Crippen LogP contribution in [-0.2, 0) is 0 Å². The van der Waals surface area contributed by atoms with Crippen LogP contribution in [0, 0.1) is 0 Å². The van der Waals surface area contributed by atoms with Crippen molar-refractivity contribution in [3.63, 3.8) is 0 Å². The van der Waals surface area contributed by atoms with Gasteiger partial charge in [-0.1, -0.05) is 0 Å². The first-order valence-electron chi connectivity index (χ1n) is 4.71. The maximum atomic E-state index is 13.7. The van der Waals surface area contributed by atoms with E-state index in [0.717, 1.165) is 6.92 Å². The second kappa shape index (κ2) is 4.48. The number of halogens is 6. The van der Waals surface area contributed by atoms with Crippen LogP contribution in [0.4, 0.5) is 26.0 Å². The molecule has 0 atom stereocenters. The molecule has 0 aliphatic carbocycles. The summed E-state index contributed by atoms with van der Waals surface area (Å²) in [4.78, 5) is 0. The fraction of sp³-hybridized carbons (Fsp3) is 1.00. The average Bonchev–Trinajstić information content (AvgIpc) is 2.15. The van der Waals surface area contributed by atoms with Crippen molar-refractivity contribution < 1.29 is 26.0 Å². The normalized spacial score (nSPS) is 16.5. The monoisotopic (exact) mass is 256 g/mol. The number of rotatable bonds is 6. The van der Waals surface area contributed by atoms with Crippen LogP contribution in [0.15, 0.2) is 0 Å². The zero-order chi connectivity index (χ0) is 12.4. The maximum absolute atomic E-state index is 13.7. The number of alkyl halides is 4. The molecule has 0 saturated carbocycles. The Labute approximate surface area is 85.2 Å². The van der Waals surface area contributed by atoms with Gasteiger partial charge in [-0.15, -0.1) is 0 Å². The fourth-order valence-corrected chi connectivity index (χ4v) is 3.59. The molecule has 0 aliphatic rings. The van der Waals surface area contributed by atoms with E-state index in [1.807, 2.05) is 0 Å². The fourth-order valence-electron chi connectivity index (χ4n) is 1.20. The van der Waals surface area contributed by atoms with Gasteiger partial charge in [-0.3, -0.25) is 0 Å². The molecule has 0 radical (unpaired) electrons. The van der Waals surface area contributed by atoms with E-state index in [9.17, 15) is 26.0 Å². The molecule has 0 saturated heterocycles. The first-order valence-corrected chi connectivity index (χ1v) is 7.10. The van der Waals surface area contributed by atoms with Gasteiger partial charge in [-0.25, -0.2) is 0 Å². The van der Waals surface area contributed by atoms with Gasteiger partial charge in [0.05, 0.1) is 0 Å². The van der Waals surface area contributed by atoms with Gasteiger partial charge < -0.3 is 0 Å². The summed E-state index contributed by atoms with van der Waals surface area (Å²) in [6.07, 6.45) is -6.41. The molecule has 0 fully saturated rings. The second-order valence-electron chi connectivity index (χ2n) is 3.53. The van der Waals surface area contributed by atoms with Crippen LogP contribution in [0.1, 0.15) is 26.7 Å². The van der Waals surface area contributed by atoms with E-state index in [-0.39, 0.29) is 12.8 Å². The Hall–Kier alpha value is 0.01000. The van der Waals surface area contributed by atoms with Crippen LogP contribution in [0.5, 0.6) is 0 Å². The van der Waals surface area contributed by atoms with Gasteiger partial charge in [0.25, 0.3) is 0 Å². The summed E-state index contributed by atoms with van der Waals surface area (Å²) in [6, 6.07) is 0. The standard InChI is InChI=1S/C8H15F6P/c1-3-5-6-15(13,14,4-2)8(11,12)7(9)10/h7H,3-6H2,1-2H3. The molecule has 0 spiro atoms. The van der Waals surface area contributed by atoms with Crippen LogP contribution >= 0.6 is 7.22 Å². The zero-order valence-corrected chi connectivity index (χ0v) is 9.52. The van der Waals surface area contributed by atoms with Crippen LogP contribution in [0.2, 0.25) is 0 Å². The first kappa shape index (κ1) is 15.0. The Morgan fingerprint density at radius 1 is 1.13 bits per heavy atom. The molecule has 0 aliphatic heterocycles. The third-order valence-electron chi connectivity index (χ3n) is 2.48. The molecule has 0 N–H and O–H groups in total. The molecule has 0 bridgehead atoms. The van der Waals surface area contributed by atoms with Crippen molar-refractivity contribution in [2.75, 3.05) is 12.3 Å². The van der Waals surface area contributed by atoms with Gasteiger partial charge in [-0.2, -0.15) is 0 Å². The van der Waals surface area contributed by atoms with Crippen molar-refractivity contribution in [2.45, 2.75) is 38.8 Å². The van der Waals surface area contributed by atoms with Crippen LogP contribution in [0.3, 0.4) is 0 Å². The summed E-state index contributed by atoms with van der Waals surface area (Å²) in [7, 11) is -6.60. The molecule has 0 aromatic heterocycles. The summed E-state index contributed by atoms with van der Waals surface area (Å²) in [6.45, 7) is 2.40. The topological polar surface area (TPSA) is 0 Å². The van der Waals surface area contributed by atoms with Crippen molar-refractivity contribution in [2.24, 2.45) is 0 Å². The minimum absolute atomic E-state index is 0.152. The Kier molecular flexibility index (Phi) is 4.48. The molecule has 0 nitrogen and oxygen atoms in total. The summed E-state index contributed by atoms with van der Waals surface area (Å²) in [5.41, 5.74) is -5.14. The van der Waals surface area contributed by atoms with Gasteiger partial charge in [0.1, 0.15) is 0 Å². The third-order valence-corrected chi connectivity index (χ3v) is 6.41. The molecule has 0 rings (SSSR count). The molecule has 7 heteroatoms. The molecule has 0 heterocycles. The predicted molar refractivity (Wildman–Crippen MR) is 50.4 cm³/mol. The van der Waals surface area contributed by atoms with Crippen molar-refractivity contribution in [3.05, 3.63) is 0 Å². The summed E-state index contributed by atoms with van der Waals surface area (Å²) >= 11 is 0. The Morgan fingerprint density at radius 3 is 1.87 bits per heavy atom. The third kappa shape index (κ3) is 2.58. The predicted octanol–water partition coefficient (Wildman–Crippen LogP) is 4.99. The zero-order valence-electron chi connectivity index (χ0n) is 8.62. The van der Waals surface area contributed by atoms with Crippen molar-refractivity contribution >= 4 is 7.22 Å². The summed E-state index contributed by atoms with van der Waals surface area (Å²) in [5, 5.41) is 0. The van der Waals surface area contributed by atoms with E-state index in [1.54, 1.807) is 6.92 Å². The van der Waals surface area contributed by atoms with Gasteiger partial charge >= 0.3 is 84.3 Å². The Bertz CT molecular complexity index is 215. The summed E-state index contributed by atoms with van der Waals surface area (Å²) in [5.74, 6) is 0. The van der Waals surface area contributed by atoms with Crippen molar-refractivity contribution in [3.8, 4) is 0 Å². The van der Waals surface area contributed by atoms with E-state index in [1.165, 1.54) is 0 Å². The van der Waals surface area contributed by atoms with Crippen LogP contribution in [0.25, 0.3) is 0 Å². The van der Waals surface area contributed by atoms with Crippen LogP contribution in [-0.4, -0.2) is 24.4 Å². The SMILES string of the molecule is CCCCP(F)(F)(CC)C(F)(F)C(F)F. The minimum atomic E-state index is -6.60. The number of hydrogen-bond donors (Lipinski definition) is 0. The quantitative estimate of drug-likeness (QED) is 0.464. The van der Waals surface area contributed by atoms with Crippen LogP contribution < -0.4 is 0 Å². The molecular formula is C8H15F6P. The molecule has 94 valence electrons. The Morgan fingerprint density at radius 2 is 1.60 bits per heavy atom. The second-order valence-corrected chi connectivity index (χ2v) is 7.71. The molecule has 15 heavy (non-hydrogen) atoms. The van der Waals surface area contributed by atoms with Gasteiger partial charge in [0.15, 0.2) is 0 Å².